The third-order valence-corrected chi connectivity index (χ3v) is 13.0. The normalized spacial score (nSPS) is 17.9. The van der Waals surface area contributed by atoms with Gasteiger partial charge < -0.3 is 93.3 Å². The van der Waals surface area contributed by atoms with Gasteiger partial charge in [0.05, 0.1) is 6.42 Å². The molecule has 32 heteroatoms. The first-order valence-electron chi connectivity index (χ1n) is 23.1. The van der Waals surface area contributed by atoms with E-state index in [2.05, 4.69) is 53.2 Å². The first-order valence-corrected chi connectivity index (χ1v) is 25.6. The molecule has 0 aromatic heterocycles. The highest BCUT2D eigenvalue weighted by Crippen LogP contribution is 2.24. The lowest BCUT2D eigenvalue weighted by atomic mass is 10.0. The van der Waals surface area contributed by atoms with Crippen molar-refractivity contribution in [1.29, 1.82) is 16.2 Å². The second-order valence-electron chi connectivity index (χ2n) is 16.7. The molecule has 1 aliphatic heterocycles. The number of nitrogens with two attached hydrogens (primary N) is 7. The molecule has 1 saturated heterocycles. The van der Waals surface area contributed by atoms with Gasteiger partial charge in [0.15, 0.2) is 17.9 Å². The standard InChI is InChI=1S/C40H74N20O10S2/c1-20(7-4-14-51-38(45)46)31(64)59-26-18-71-72-19-27(60-35(68)24(57-36(26)69)11-12-28(42)61)37(70)56-23(10-6-16-53-40(49)50)33(66)55-22(9-5-15-52-39(47)48)32(65)54-21(8-2-3-13-41)34(67)58-25(30(44)63)17-29(43)62/h20-27H,2-19,41H2,1H3,(H2,42,61)(H2,43,62)(H2,44,63)(H,54,65)(H,55,66)(H,56,70)(H,57,69)(H,58,67)(H,59,64)(H,60,68)(H4,45,46,51)(H4,47,48,52)(H4,49,50,53)/t20-,21-,22-,23-,24-,25-,26-,27-/m1/s1. The first kappa shape index (κ1) is 63.2. The fourth-order valence-corrected chi connectivity index (χ4v) is 8.97. The van der Waals surface area contributed by atoms with Crippen molar-refractivity contribution in [2.45, 2.75) is 126 Å². The average Bonchev–Trinajstić information content (AvgIpc) is 3.32. The summed E-state index contributed by atoms with van der Waals surface area (Å²) in [4.78, 5) is 132. The Morgan fingerprint density at radius 1 is 0.597 bits per heavy atom. The van der Waals surface area contributed by atoms with Crippen LogP contribution in [0.2, 0.25) is 0 Å². The molecule has 0 radical (unpaired) electrons. The summed E-state index contributed by atoms with van der Waals surface area (Å²) in [7, 11) is 2.17. The van der Waals surface area contributed by atoms with Crippen molar-refractivity contribution < 1.29 is 47.9 Å². The number of hydrogen-bond acceptors (Lipinski definition) is 16. The molecule has 1 fully saturated rings. The summed E-state index contributed by atoms with van der Waals surface area (Å²) in [5, 5.41) is 48.1. The maximum Gasteiger partial charge on any atom is 0.244 e. The molecule has 8 atom stereocenters. The number of nitrogens with one attached hydrogen (secondary N) is 13. The molecule has 10 amide bonds. The molecule has 30 nitrogen and oxygen atoms in total. The van der Waals surface area contributed by atoms with Crippen LogP contribution in [0.3, 0.4) is 0 Å². The predicted octanol–water partition coefficient (Wildman–Crippen LogP) is -7.04. The summed E-state index contributed by atoms with van der Waals surface area (Å²) >= 11 is 0. The average molecular weight is 1060 g/mol. The lowest BCUT2D eigenvalue weighted by Gasteiger charge is -2.27. The fraction of sp³-hybridized carbons (Fsp3) is 0.675. The van der Waals surface area contributed by atoms with Crippen LogP contribution in [0, 0.1) is 22.1 Å². The molecule has 0 saturated carbocycles. The van der Waals surface area contributed by atoms with Gasteiger partial charge in [-0.3, -0.25) is 64.2 Å². The second kappa shape index (κ2) is 34.5. The Labute approximate surface area is 424 Å². The van der Waals surface area contributed by atoms with Crippen molar-refractivity contribution in [3.8, 4) is 0 Å². The minimum Gasteiger partial charge on any atom is -0.370 e. The highest BCUT2D eigenvalue weighted by Gasteiger charge is 2.35. The number of unbranched alkanes of at least 4 members (excludes halogenated alkanes) is 1. The molecule has 0 aromatic carbocycles. The minimum absolute atomic E-state index is 0.00167. The molecule has 27 N–H and O–H groups in total. The number of hydrogen-bond donors (Lipinski definition) is 20. The van der Waals surface area contributed by atoms with Crippen LogP contribution in [0.25, 0.3) is 0 Å². The zero-order valence-electron chi connectivity index (χ0n) is 40.3. The fourth-order valence-electron chi connectivity index (χ4n) is 6.65. The molecular formula is C40H74N20O10S2. The maximum atomic E-state index is 14.3. The molecule has 406 valence electrons. The number of carbonyl (C=O) groups excluding carboxylic acids is 10. The van der Waals surface area contributed by atoms with Crippen molar-refractivity contribution >= 4 is 98.5 Å². The maximum absolute atomic E-state index is 14.3. The lowest BCUT2D eigenvalue weighted by Crippen LogP contribution is -2.60. The Bertz CT molecular complexity index is 1920. The summed E-state index contributed by atoms with van der Waals surface area (Å²) in [6, 6.07) is -9.64. The van der Waals surface area contributed by atoms with Crippen molar-refractivity contribution in [2.75, 3.05) is 37.7 Å². The van der Waals surface area contributed by atoms with Crippen LogP contribution in [0.4, 0.5) is 0 Å². The van der Waals surface area contributed by atoms with Crippen LogP contribution in [-0.2, 0) is 47.9 Å². The van der Waals surface area contributed by atoms with Crippen LogP contribution >= 0.6 is 21.6 Å². The van der Waals surface area contributed by atoms with Gasteiger partial charge in [-0.25, -0.2) is 0 Å². The van der Waals surface area contributed by atoms with E-state index in [4.69, 9.17) is 56.4 Å². The van der Waals surface area contributed by atoms with Gasteiger partial charge in [0, 0.05) is 43.5 Å². The van der Waals surface area contributed by atoms with Gasteiger partial charge in [0.2, 0.25) is 59.1 Å². The van der Waals surface area contributed by atoms with Crippen molar-refractivity contribution in [2.24, 2.45) is 46.1 Å². The smallest absolute Gasteiger partial charge is 0.244 e. The molecule has 0 bridgehead atoms. The molecule has 0 unspecified atom stereocenters. The van der Waals surface area contributed by atoms with Crippen molar-refractivity contribution in [3.05, 3.63) is 0 Å². The Morgan fingerprint density at radius 3 is 1.54 bits per heavy atom. The lowest BCUT2D eigenvalue weighted by molar-refractivity contribution is -0.136. The second-order valence-corrected chi connectivity index (χ2v) is 19.3. The zero-order valence-corrected chi connectivity index (χ0v) is 41.9. The Balaban J connectivity index is 3.52. The van der Waals surface area contributed by atoms with E-state index in [0.29, 0.717) is 32.2 Å². The number of primary amides is 3. The Morgan fingerprint density at radius 2 is 1.07 bits per heavy atom. The van der Waals surface area contributed by atoms with Gasteiger partial charge in [0.25, 0.3) is 0 Å². The third-order valence-electron chi connectivity index (χ3n) is 10.6. The molecule has 1 heterocycles. The van der Waals surface area contributed by atoms with Gasteiger partial charge in [-0.05, 0) is 70.8 Å². The van der Waals surface area contributed by atoms with E-state index in [1.165, 1.54) is 0 Å². The number of amides is 10. The van der Waals surface area contributed by atoms with Crippen molar-refractivity contribution in [3.63, 3.8) is 0 Å². The summed E-state index contributed by atoms with van der Waals surface area (Å²) < 4.78 is 0. The summed E-state index contributed by atoms with van der Waals surface area (Å²) in [6.07, 6.45) is 0.383. The van der Waals surface area contributed by atoms with E-state index in [1.807, 2.05) is 0 Å². The van der Waals surface area contributed by atoms with E-state index in [0.717, 1.165) is 21.6 Å². The number of rotatable bonds is 32. The molecule has 1 aliphatic rings. The zero-order chi connectivity index (χ0) is 54.3. The molecule has 0 spiro atoms. The molecule has 0 aromatic rings. The first-order chi connectivity index (χ1) is 33.9. The van der Waals surface area contributed by atoms with Crippen LogP contribution in [0.15, 0.2) is 0 Å². The predicted molar refractivity (Wildman–Crippen MR) is 269 cm³/mol. The van der Waals surface area contributed by atoms with Crippen molar-refractivity contribution in [1.82, 2.24) is 53.2 Å². The highest BCUT2D eigenvalue weighted by molar-refractivity contribution is 8.76. The quantitative estimate of drug-likeness (QED) is 0.0129. The van der Waals surface area contributed by atoms with Gasteiger partial charge in [-0.15, -0.1) is 0 Å². The third kappa shape index (κ3) is 27.0. The SMILES string of the molecule is C[C@H](CCCNC(=N)N)C(=O)N[C@@H]1CSSC[C@H](C(=O)N[C@H](CCCNC(=N)N)C(=O)N[C@H](CCCNC(=N)N)C(=O)N[C@H](CCCCN)C(=O)N[C@H](CC(N)=O)C(N)=O)NC(=O)[C@@H](CCC(N)=O)NC1=O. The molecule has 0 aliphatic carbocycles. The van der Waals surface area contributed by atoms with Crippen LogP contribution in [0.5, 0.6) is 0 Å². The number of carbonyl (C=O) groups is 10. The van der Waals surface area contributed by atoms with Gasteiger partial charge >= 0.3 is 0 Å². The summed E-state index contributed by atoms with van der Waals surface area (Å²) in [6.45, 7) is 2.38. The van der Waals surface area contributed by atoms with Crippen LogP contribution in [0.1, 0.15) is 84.0 Å². The van der Waals surface area contributed by atoms with Gasteiger partial charge in [0.1, 0.15) is 42.3 Å². The highest BCUT2D eigenvalue weighted by atomic mass is 33.1. The molecule has 72 heavy (non-hydrogen) atoms. The van der Waals surface area contributed by atoms with Gasteiger partial charge in [-0.2, -0.15) is 0 Å². The van der Waals surface area contributed by atoms with E-state index < -0.39 is 114 Å². The monoisotopic (exact) mass is 1060 g/mol. The van der Waals surface area contributed by atoms with E-state index in [9.17, 15) is 47.9 Å². The Kier molecular flexibility index (Phi) is 30.3. The van der Waals surface area contributed by atoms with Gasteiger partial charge in [-0.1, -0.05) is 28.5 Å². The summed E-state index contributed by atoms with van der Waals surface area (Å²) in [5.41, 5.74) is 37.8. The topological polar surface area (TPSA) is 545 Å². The number of guanidine groups is 3. The Hall–Kier alpha value is -6.83. The van der Waals surface area contributed by atoms with E-state index in [-0.39, 0.29) is 94.0 Å². The minimum atomic E-state index is -1.51. The van der Waals surface area contributed by atoms with E-state index in [1.54, 1.807) is 6.92 Å². The molecule has 1 rings (SSSR count). The summed E-state index contributed by atoms with van der Waals surface area (Å²) in [5.74, 6) is -10.1. The molecular weight excluding hydrogens is 985 g/mol. The van der Waals surface area contributed by atoms with Crippen LogP contribution < -0.4 is 93.3 Å². The van der Waals surface area contributed by atoms with E-state index >= 15 is 0 Å². The van der Waals surface area contributed by atoms with Crippen LogP contribution in [-0.4, -0.2) is 157 Å². The largest absolute Gasteiger partial charge is 0.370 e.